The zero-order valence-electron chi connectivity index (χ0n) is 11.1. The highest BCUT2D eigenvalue weighted by molar-refractivity contribution is 5.80. The standard InChI is InChI=1S/C17H15N3/c18-11-5-4-6-13-9-10-15-16(12-13)20-17(19-15)14-7-2-1-3-8-14/h1-3,7-10,12H,4-6H2,(H,19,20). The predicted octanol–water partition coefficient (Wildman–Crippen LogP) is 4.08. The maximum atomic E-state index is 8.58. The Balaban J connectivity index is 1.90. The first-order valence-electron chi connectivity index (χ1n) is 6.78. The van der Waals surface area contributed by atoms with E-state index in [9.17, 15) is 0 Å². The summed E-state index contributed by atoms with van der Waals surface area (Å²) in [5.74, 6) is 0.898. The van der Waals surface area contributed by atoms with Crippen LogP contribution in [0.2, 0.25) is 0 Å². The molecular weight excluding hydrogens is 246 g/mol. The molecule has 1 heterocycles. The third-order valence-electron chi connectivity index (χ3n) is 3.35. The molecule has 0 saturated heterocycles. The molecule has 0 aliphatic heterocycles. The fourth-order valence-corrected chi connectivity index (χ4v) is 2.32. The molecule has 0 spiro atoms. The molecule has 0 radical (unpaired) electrons. The predicted molar refractivity (Wildman–Crippen MR) is 80.1 cm³/mol. The largest absolute Gasteiger partial charge is 0.338 e. The second-order valence-electron chi connectivity index (χ2n) is 4.81. The van der Waals surface area contributed by atoms with Crippen LogP contribution in [-0.4, -0.2) is 9.97 Å². The van der Waals surface area contributed by atoms with Crippen LogP contribution in [0.15, 0.2) is 48.5 Å². The number of aromatic nitrogens is 2. The first kappa shape index (κ1) is 12.4. The average molecular weight is 261 g/mol. The van der Waals surface area contributed by atoms with E-state index in [2.05, 4.69) is 28.2 Å². The van der Waals surface area contributed by atoms with Crippen LogP contribution in [0.5, 0.6) is 0 Å². The van der Waals surface area contributed by atoms with E-state index in [1.807, 2.05) is 36.4 Å². The first-order valence-corrected chi connectivity index (χ1v) is 6.78. The van der Waals surface area contributed by atoms with Crippen LogP contribution in [-0.2, 0) is 6.42 Å². The third-order valence-corrected chi connectivity index (χ3v) is 3.35. The number of hydrogen-bond donors (Lipinski definition) is 1. The average Bonchev–Trinajstić information content (AvgIpc) is 2.92. The van der Waals surface area contributed by atoms with Crippen LogP contribution in [0, 0.1) is 11.3 Å². The highest BCUT2D eigenvalue weighted by atomic mass is 14.9. The van der Waals surface area contributed by atoms with E-state index < -0.39 is 0 Å². The van der Waals surface area contributed by atoms with Gasteiger partial charge in [-0.1, -0.05) is 36.4 Å². The molecule has 2 aromatic carbocycles. The minimum atomic E-state index is 0.607. The number of imidazole rings is 1. The first-order chi connectivity index (χ1) is 9.86. The van der Waals surface area contributed by atoms with Gasteiger partial charge in [0.05, 0.1) is 17.1 Å². The van der Waals surface area contributed by atoms with Gasteiger partial charge in [0.25, 0.3) is 0 Å². The normalized spacial score (nSPS) is 10.6. The second-order valence-corrected chi connectivity index (χ2v) is 4.81. The van der Waals surface area contributed by atoms with Gasteiger partial charge in [-0.15, -0.1) is 0 Å². The maximum absolute atomic E-state index is 8.58. The molecule has 0 aliphatic rings. The van der Waals surface area contributed by atoms with Crippen LogP contribution in [0.4, 0.5) is 0 Å². The van der Waals surface area contributed by atoms with Gasteiger partial charge in [-0.2, -0.15) is 5.26 Å². The van der Waals surface area contributed by atoms with Gasteiger partial charge in [-0.05, 0) is 30.5 Å². The Bertz CT molecular complexity index is 751. The van der Waals surface area contributed by atoms with E-state index in [1.54, 1.807) is 0 Å². The molecule has 0 saturated carbocycles. The van der Waals surface area contributed by atoms with Crippen molar-refractivity contribution < 1.29 is 0 Å². The van der Waals surface area contributed by atoms with Gasteiger partial charge in [0, 0.05) is 12.0 Å². The Morgan fingerprint density at radius 3 is 2.75 bits per heavy atom. The molecular formula is C17H15N3. The zero-order valence-corrected chi connectivity index (χ0v) is 11.1. The minimum Gasteiger partial charge on any atom is -0.338 e. The highest BCUT2D eigenvalue weighted by Gasteiger charge is 2.05. The van der Waals surface area contributed by atoms with Gasteiger partial charge < -0.3 is 4.98 Å². The Kier molecular flexibility index (Phi) is 3.47. The Labute approximate surface area is 117 Å². The molecule has 98 valence electrons. The number of nitrogens with one attached hydrogen (secondary N) is 1. The fourth-order valence-electron chi connectivity index (χ4n) is 2.32. The van der Waals surface area contributed by atoms with Gasteiger partial charge in [0.2, 0.25) is 0 Å². The highest BCUT2D eigenvalue weighted by Crippen LogP contribution is 2.21. The molecule has 0 fully saturated rings. The quantitative estimate of drug-likeness (QED) is 0.719. The summed E-state index contributed by atoms with van der Waals surface area (Å²) in [4.78, 5) is 7.98. The molecule has 3 heteroatoms. The van der Waals surface area contributed by atoms with Crippen molar-refractivity contribution in [2.75, 3.05) is 0 Å². The van der Waals surface area contributed by atoms with E-state index in [4.69, 9.17) is 5.26 Å². The van der Waals surface area contributed by atoms with Crippen LogP contribution in [0.3, 0.4) is 0 Å². The second kappa shape index (κ2) is 5.58. The number of nitriles is 1. The van der Waals surface area contributed by atoms with Crippen molar-refractivity contribution in [2.45, 2.75) is 19.3 Å². The van der Waals surface area contributed by atoms with Crippen LogP contribution < -0.4 is 0 Å². The molecule has 0 aliphatic carbocycles. The molecule has 0 amide bonds. The summed E-state index contributed by atoms with van der Waals surface area (Å²) in [6, 6.07) is 18.6. The van der Waals surface area contributed by atoms with Crippen molar-refractivity contribution in [3.8, 4) is 17.5 Å². The van der Waals surface area contributed by atoms with Crippen molar-refractivity contribution in [3.05, 3.63) is 54.1 Å². The van der Waals surface area contributed by atoms with Crippen molar-refractivity contribution in [1.82, 2.24) is 9.97 Å². The molecule has 0 bridgehead atoms. The zero-order chi connectivity index (χ0) is 13.8. The van der Waals surface area contributed by atoms with E-state index in [-0.39, 0.29) is 0 Å². The Morgan fingerprint density at radius 1 is 1.10 bits per heavy atom. The van der Waals surface area contributed by atoms with Crippen molar-refractivity contribution >= 4 is 11.0 Å². The van der Waals surface area contributed by atoms with Crippen molar-refractivity contribution in [3.63, 3.8) is 0 Å². The van der Waals surface area contributed by atoms with E-state index in [0.717, 1.165) is 35.3 Å². The number of hydrogen-bond acceptors (Lipinski definition) is 2. The number of rotatable bonds is 4. The lowest BCUT2D eigenvalue weighted by atomic mass is 10.1. The lowest BCUT2D eigenvalue weighted by Crippen LogP contribution is -1.84. The lowest BCUT2D eigenvalue weighted by molar-refractivity contribution is 0.851. The molecule has 0 atom stereocenters. The summed E-state index contributed by atoms with van der Waals surface area (Å²) in [6.45, 7) is 0. The topological polar surface area (TPSA) is 52.5 Å². The molecule has 3 aromatic rings. The van der Waals surface area contributed by atoms with Crippen LogP contribution in [0.1, 0.15) is 18.4 Å². The monoisotopic (exact) mass is 261 g/mol. The molecule has 20 heavy (non-hydrogen) atoms. The van der Waals surface area contributed by atoms with E-state index >= 15 is 0 Å². The van der Waals surface area contributed by atoms with Crippen molar-refractivity contribution in [1.29, 1.82) is 5.26 Å². The molecule has 1 N–H and O–H groups in total. The van der Waals surface area contributed by atoms with Crippen LogP contribution in [0.25, 0.3) is 22.4 Å². The summed E-state index contributed by atoms with van der Waals surface area (Å²) >= 11 is 0. The summed E-state index contributed by atoms with van der Waals surface area (Å²) in [5.41, 5.74) is 4.37. The number of unbranched alkanes of at least 4 members (excludes halogenated alkanes) is 1. The minimum absolute atomic E-state index is 0.607. The summed E-state index contributed by atoms with van der Waals surface area (Å²) in [6.07, 6.45) is 2.45. The number of benzene rings is 2. The number of aromatic amines is 1. The number of H-pyrrole nitrogens is 1. The fraction of sp³-hybridized carbons (Fsp3) is 0.176. The van der Waals surface area contributed by atoms with Crippen LogP contribution >= 0.6 is 0 Å². The summed E-state index contributed by atoms with van der Waals surface area (Å²) < 4.78 is 0. The number of fused-ring (bicyclic) bond motifs is 1. The van der Waals surface area contributed by atoms with Gasteiger partial charge in [0.1, 0.15) is 5.82 Å². The third kappa shape index (κ3) is 2.55. The van der Waals surface area contributed by atoms with Gasteiger partial charge >= 0.3 is 0 Å². The van der Waals surface area contributed by atoms with Gasteiger partial charge in [-0.3, -0.25) is 0 Å². The molecule has 0 unspecified atom stereocenters. The Morgan fingerprint density at radius 2 is 1.95 bits per heavy atom. The number of aryl methyl sites for hydroxylation is 1. The van der Waals surface area contributed by atoms with Gasteiger partial charge in [-0.25, -0.2) is 4.98 Å². The molecule has 1 aromatic heterocycles. The smallest absolute Gasteiger partial charge is 0.138 e. The molecule has 3 nitrogen and oxygen atoms in total. The van der Waals surface area contributed by atoms with E-state index in [0.29, 0.717) is 6.42 Å². The lowest BCUT2D eigenvalue weighted by Gasteiger charge is -1.98. The Hall–Kier alpha value is -2.60. The number of nitrogens with zero attached hydrogens (tertiary/aromatic N) is 2. The SMILES string of the molecule is N#CCCCc1ccc2nc(-c3ccccc3)[nH]c2c1. The van der Waals surface area contributed by atoms with Gasteiger partial charge in [0.15, 0.2) is 0 Å². The van der Waals surface area contributed by atoms with Crippen molar-refractivity contribution in [2.24, 2.45) is 0 Å². The molecule has 3 rings (SSSR count). The van der Waals surface area contributed by atoms with E-state index in [1.165, 1.54) is 5.56 Å². The summed E-state index contributed by atoms with van der Waals surface area (Å²) in [5, 5.41) is 8.58. The summed E-state index contributed by atoms with van der Waals surface area (Å²) in [7, 11) is 0. The maximum Gasteiger partial charge on any atom is 0.138 e.